The van der Waals surface area contributed by atoms with Crippen LogP contribution in [0.3, 0.4) is 0 Å². The lowest BCUT2D eigenvalue weighted by atomic mass is 10.2. The molecule has 2 aromatic rings. The molecule has 0 aliphatic carbocycles. The number of rotatable bonds is 7. The number of halogens is 1. The molecule has 1 heterocycles. The highest BCUT2D eigenvalue weighted by Crippen LogP contribution is 2.23. The fourth-order valence-electron chi connectivity index (χ4n) is 3.36. The molecule has 1 fully saturated rings. The number of hydrogen-bond donors (Lipinski definition) is 3. The molecule has 25 heavy (non-hydrogen) atoms. The van der Waals surface area contributed by atoms with E-state index in [-0.39, 0.29) is 0 Å². The minimum absolute atomic E-state index is 0.340. The summed E-state index contributed by atoms with van der Waals surface area (Å²) in [5, 5.41) is 10.3. The van der Waals surface area contributed by atoms with Crippen LogP contribution in [0.2, 0.25) is 0 Å². The number of piperazine rings is 1. The number of ether oxygens (including phenoxy) is 1. The Labute approximate surface area is 158 Å². The number of hydrogen-bond acceptors (Lipinski definition) is 2. The van der Waals surface area contributed by atoms with Gasteiger partial charge in [-0.05, 0) is 28.1 Å². The van der Waals surface area contributed by atoms with Crippen molar-refractivity contribution >= 4 is 15.9 Å². The van der Waals surface area contributed by atoms with Crippen LogP contribution in [0.5, 0.6) is 5.75 Å². The molecule has 5 heteroatoms. The molecule has 2 aromatic carbocycles. The van der Waals surface area contributed by atoms with Crippen LogP contribution < -0.4 is 14.5 Å². The molecule has 0 unspecified atom stereocenters. The van der Waals surface area contributed by atoms with E-state index in [4.69, 9.17) is 4.74 Å². The van der Waals surface area contributed by atoms with E-state index in [1.165, 1.54) is 10.5 Å². The fourth-order valence-corrected chi connectivity index (χ4v) is 3.76. The van der Waals surface area contributed by atoms with Crippen molar-refractivity contribution in [2.45, 2.75) is 12.6 Å². The first kappa shape index (κ1) is 18.4. The van der Waals surface area contributed by atoms with E-state index < -0.39 is 6.10 Å². The monoisotopic (exact) mass is 406 g/mol. The minimum Gasteiger partial charge on any atom is -0.489 e. The van der Waals surface area contributed by atoms with Crippen molar-refractivity contribution in [3.8, 4) is 5.75 Å². The summed E-state index contributed by atoms with van der Waals surface area (Å²) in [7, 11) is 0. The summed E-state index contributed by atoms with van der Waals surface area (Å²) in [6, 6.07) is 18.4. The van der Waals surface area contributed by atoms with Gasteiger partial charge < -0.3 is 19.6 Å². The van der Waals surface area contributed by atoms with Gasteiger partial charge >= 0.3 is 0 Å². The highest BCUT2D eigenvalue weighted by Gasteiger charge is 2.25. The number of quaternary nitrogens is 2. The van der Waals surface area contributed by atoms with Crippen molar-refractivity contribution in [2.75, 3.05) is 39.3 Å². The summed E-state index contributed by atoms with van der Waals surface area (Å²) in [6.45, 7) is 6.71. The van der Waals surface area contributed by atoms with Gasteiger partial charge in [-0.2, -0.15) is 0 Å². The Balaban J connectivity index is 1.37. The fraction of sp³-hybridized carbons (Fsp3) is 0.400. The van der Waals surface area contributed by atoms with Gasteiger partial charge in [0.2, 0.25) is 0 Å². The Morgan fingerprint density at radius 2 is 1.56 bits per heavy atom. The lowest BCUT2D eigenvalue weighted by molar-refractivity contribution is -1.02. The first-order valence-corrected chi connectivity index (χ1v) is 9.76. The van der Waals surface area contributed by atoms with Crippen molar-refractivity contribution in [3.05, 3.63) is 64.6 Å². The molecule has 3 N–H and O–H groups in total. The van der Waals surface area contributed by atoms with Gasteiger partial charge in [-0.15, -0.1) is 0 Å². The SMILES string of the molecule is O[C@H](COc1ccccc1Br)C[NH+]1CC[NH+](Cc2ccccc2)CC1. The maximum atomic E-state index is 10.3. The molecule has 0 saturated carbocycles. The van der Waals surface area contributed by atoms with E-state index in [1.54, 1.807) is 4.90 Å². The Kier molecular flexibility index (Phi) is 6.87. The van der Waals surface area contributed by atoms with E-state index in [0.29, 0.717) is 6.61 Å². The van der Waals surface area contributed by atoms with Crippen molar-refractivity contribution in [1.82, 2.24) is 0 Å². The van der Waals surface area contributed by atoms with Crippen LogP contribution in [0.15, 0.2) is 59.1 Å². The Morgan fingerprint density at radius 3 is 2.28 bits per heavy atom. The smallest absolute Gasteiger partial charge is 0.137 e. The lowest BCUT2D eigenvalue weighted by Gasteiger charge is -2.30. The van der Waals surface area contributed by atoms with Gasteiger partial charge in [0.1, 0.15) is 57.7 Å². The summed E-state index contributed by atoms with van der Waals surface area (Å²) >= 11 is 3.46. The molecule has 0 bridgehead atoms. The molecular weight excluding hydrogens is 380 g/mol. The summed E-state index contributed by atoms with van der Waals surface area (Å²) in [5.74, 6) is 0.786. The molecule has 134 valence electrons. The molecule has 0 spiro atoms. The van der Waals surface area contributed by atoms with Crippen LogP contribution in [0.25, 0.3) is 0 Å². The highest BCUT2D eigenvalue weighted by molar-refractivity contribution is 9.10. The molecule has 1 atom stereocenters. The van der Waals surface area contributed by atoms with E-state index >= 15 is 0 Å². The van der Waals surface area contributed by atoms with Gasteiger partial charge in [-0.1, -0.05) is 42.5 Å². The summed E-state index contributed by atoms with van der Waals surface area (Å²) in [6.07, 6.45) is -0.433. The van der Waals surface area contributed by atoms with Crippen molar-refractivity contribution < 1.29 is 19.6 Å². The Bertz CT molecular complexity index is 645. The average molecular weight is 407 g/mol. The van der Waals surface area contributed by atoms with Crippen LogP contribution in [0, 0.1) is 0 Å². The molecule has 4 nitrogen and oxygen atoms in total. The predicted molar refractivity (Wildman–Crippen MR) is 102 cm³/mol. The Morgan fingerprint density at radius 1 is 0.920 bits per heavy atom. The maximum absolute atomic E-state index is 10.3. The molecule has 0 amide bonds. The van der Waals surface area contributed by atoms with Crippen LogP contribution in [0.4, 0.5) is 0 Å². The molecule has 3 rings (SSSR count). The van der Waals surface area contributed by atoms with Crippen LogP contribution >= 0.6 is 15.9 Å². The first-order valence-electron chi connectivity index (χ1n) is 8.97. The third-order valence-corrected chi connectivity index (χ3v) is 5.41. The summed E-state index contributed by atoms with van der Waals surface area (Å²) in [4.78, 5) is 3.11. The standard InChI is InChI=1S/C20H25BrN2O2/c21-19-8-4-5-9-20(19)25-16-18(24)15-23-12-10-22(11-13-23)14-17-6-2-1-3-7-17/h1-9,18,24H,10-16H2/p+2/t18-/m0/s1. The van der Waals surface area contributed by atoms with Crippen molar-refractivity contribution in [3.63, 3.8) is 0 Å². The maximum Gasteiger partial charge on any atom is 0.137 e. The lowest BCUT2D eigenvalue weighted by Crippen LogP contribution is -3.28. The number of nitrogens with one attached hydrogen (secondary N) is 2. The average Bonchev–Trinajstić information content (AvgIpc) is 2.64. The third-order valence-electron chi connectivity index (χ3n) is 4.75. The quantitative estimate of drug-likeness (QED) is 0.613. The zero-order chi connectivity index (χ0) is 17.5. The van der Waals surface area contributed by atoms with Gasteiger partial charge in [0, 0.05) is 5.56 Å². The summed E-state index contributed by atoms with van der Waals surface area (Å²) < 4.78 is 6.65. The molecule has 0 aromatic heterocycles. The molecule has 1 aliphatic heterocycles. The van der Waals surface area contributed by atoms with Crippen molar-refractivity contribution in [2.24, 2.45) is 0 Å². The van der Waals surface area contributed by atoms with Gasteiger partial charge in [-0.3, -0.25) is 0 Å². The van der Waals surface area contributed by atoms with Crippen molar-refractivity contribution in [1.29, 1.82) is 0 Å². The zero-order valence-electron chi connectivity index (χ0n) is 14.5. The zero-order valence-corrected chi connectivity index (χ0v) is 16.0. The second kappa shape index (κ2) is 9.34. The molecular formula is C20H27BrN2O2+2. The predicted octanol–water partition coefficient (Wildman–Crippen LogP) is 0.172. The van der Waals surface area contributed by atoms with Gasteiger partial charge in [-0.25, -0.2) is 0 Å². The Hall–Kier alpha value is -1.40. The second-order valence-electron chi connectivity index (χ2n) is 6.76. The number of benzene rings is 2. The van der Waals surface area contributed by atoms with Gasteiger partial charge in [0.15, 0.2) is 0 Å². The van der Waals surface area contributed by atoms with E-state index in [1.807, 2.05) is 24.3 Å². The summed E-state index contributed by atoms with van der Waals surface area (Å²) in [5.41, 5.74) is 1.41. The molecule has 0 radical (unpaired) electrons. The molecule has 1 aliphatic rings. The first-order chi connectivity index (χ1) is 12.2. The van der Waals surface area contributed by atoms with Gasteiger partial charge in [0.05, 0.1) is 4.47 Å². The minimum atomic E-state index is -0.433. The molecule has 1 saturated heterocycles. The van der Waals surface area contributed by atoms with E-state index in [9.17, 15) is 5.11 Å². The number of aliphatic hydroxyl groups excluding tert-OH is 1. The van der Waals surface area contributed by atoms with Crippen LogP contribution in [-0.2, 0) is 6.54 Å². The number of aliphatic hydroxyl groups is 1. The van der Waals surface area contributed by atoms with Crippen LogP contribution in [0.1, 0.15) is 5.56 Å². The second-order valence-corrected chi connectivity index (χ2v) is 7.62. The topological polar surface area (TPSA) is 38.3 Å². The third kappa shape index (κ3) is 5.82. The van der Waals surface area contributed by atoms with E-state index in [0.717, 1.165) is 49.5 Å². The van der Waals surface area contributed by atoms with Gasteiger partial charge in [0.25, 0.3) is 0 Å². The number of para-hydroxylation sites is 1. The largest absolute Gasteiger partial charge is 0.489 e. The van der Waals surface area contributed by atoms with Crippen LogP contribution in [-0.4, -0.2) is 50.5 Å². The highest BCUT2D eigenvalue weighted by atomic mass is 79.9. The normalized spacial score (nSPS) is 21.7. The van der Waals surface area contributed by atoms with E-state index in [2.05, 4.69) is 46.3 Å².